The van der Waals surface area contributed by atoms with Crippen molar-refractivity contribution in [2.24, 2.45) is 10.7 Å². The number of aliphatic imine (C=N–C) groups is 1. The number of allylic oxidation sites excluding steroid dienone is 2. The fourth-order valence-electron chi connectivity index (χ4n) is 1.83. The van der Waals surface area contributed by atoms with Crippen molar-refractivity contribution in [3.63, 3.8) is 0 Å². The molecule has 0 aliphatic carbocycles. The van der Waals surface area contributed by atoms with E-state index in [4.69, 9.17) is 5.73 Å². The number of nitrogens with one attached hydrogen (secondary N) is 1. The molecule has 3 nitrogen and oxygen atoms in total. The minimum absolute atomic E-state index is 0.0758. The first-order valence-electron chi connectivity index (χ1n) is 7.15. The number of rotatable bonds is 7. The molecule has 0 fully saturated rings. The number of benzene rings is 1. The SMILES string of the molecule is C/C=C(C=Nc1cc(C(F)(F)F)ccc1NC)\C(=C/N)SCC(F)F. The van der Waals surface area contributed by atoms with Gasteiger partial charge in [0, 0.05) is 29.9 Å². The summed E-state index contributed by atoms with van der Waals surface area (Å²) in [4.78, 5) is 4.43. The Hall–Kier alpha value is -2.03. The fraction of sp³-hybridized carbons (Fsp3) is 0.312. The quantitative estimate of drug-likeness (QED) is 0.389. The molecule has 0 saturated heterocycles. The van der Waals surface area contributed by atoms with Crippen molar-refractivity contribution in [3.8, 4) is 0 Å². The summed E-state index contributed by atoms with van der Waals surface area (Å²) in [6.45, 7) is 1.65. The monoisotopic (exact) mass is 379 g/mol. The van der Waals surface area contributed by atoms with Crippen LogP contribution in [-0.2, 0) is 6.18 Å². The van der Waals surface area contributed by atoms with Crippen LogP contribution < -0.4 is 11.1 Å². The molecule has 25 heavy (non-hydrogen) atoms. The van der Waals surface area contributed by atoms with Crippen LogP contribution in [0.4, 0.5) is 33.3 Å². The number of anilines is 1. The highest BCUT2D eigenvalue weighted by Gasteiger charge is 2.30. The number of nitrogens with two attached hydrogens (primary N) is 1. The smallest absolute Gasteiger partial charge is 0.404 e. The molecule has 0 aliphatic heterocycles. The van der Waals surface area contributed by atoms with Gasteiger partial charge in [0.05, 0.1) is 22.7 Å². The highest BCUT2D eigenvalue weighted by atomic mass is 32.2. The van der Waals surface area contributed by atoms with E-state index in [-0.39, 0.29) is 5.69 Å². The molecule has 0 aliphatic rings. The van der Waals surface area contributed by atoms with Crippen LogP contribution in [0.15, 0.2) is 45.9 Å². The first-order valence-corrected chi connectivity index (χ1v) is 8.14. The number of hydrogen-bond donors (Lipinski definition) is 2. The lowest BCUT2D eigenvalue weighted by molar-refractivity contribution is -0.137. The average molecular weight is 379 g/mol. The fourth-order valence-corrected chi connectivity index (χ4v) is 2.57. The number of thioether (sulfide) groups is 1. The van der Waals surface area contributed by atoms with Crippen molar-refractivity contribution in [2.75, 3.05) is 18.1 Å². The van der Waals surface area contributed by atoms with Gasteiger partial charge in [-0.15, -0.1) is 11.8 Å². The van der Waals surface area contributed by atoms with E-state index in [1.54, 1.807) is 20.0 Å². The van der Waals surface area contributed by atoms with E-state index in [1.165, 1.54) is 18.5 Å². The van der Waals surface area contributed by atoms with Crippen LogP contribution in [0.1, 0.15) is 12.5 Å². The van der Waals surface area contributed by atoms with E-state index in [0.717, 1.165) is 23.9 Å². The van der Waals surface area contributed by atoms with E-state index in [1.807, 2.05) is 0 Å². The molecule has 9 heteroatoms. The van der Waals surface area contributed by atoms with Gasteiger partial charge < -0.3 is 11.1 Å². The maximum absolute atomic E-state index is 12.8. The minimum Gasteiger partial charge on any atom is -0.404 e. The van der Waals surface area contributed by atoms with E-state index >= 15 is 0 Å². The summed E-state index contributed by atoms with van der Waals surface area (Å²) >= 11 is 0.846. The molecular weight excluding hydrogens is 361 g/mol. The first kappa shape index (κ1) is 21.0. The van der Waals surface area contributed by atoms with Crippen LogP contribution in [0.2, 0.25) is 0 Å². The maximum atomic E-state index is 12.8. The van der Waals surface area contributed by atoms with E-state index in [2.05, 4.69) is 10.3 Å². The van der Waals surface area contributed by atoms with Gasteiger partial charge in [0.1, 0.15) is 0 Å². The van der Waals surface area contributed by atoms with E-state index in [9.17, 15) is 22.0 Å². The Bertz CT molecular complexity index is 666. The van der Waals surface area contributed by atoms with E-state index < -0.39 is 23.9 Å². The van der Waals surface area contributed by atoms with Crippen LogP contribution in [0.5, 0.6) is 0 Å². The topological polar surface area (TPSA) is 50.4 Å². The Balaban J connectivity index is 3.12. The Labute approximate surface area is 146 Å². The molecule has 1 aromatic carbocycles. The Morgan fingerprint density at radius 1 is 1.36 bits per heavy atom. The maximum Gasteiger partial charge on any atom is 0.416 e. The second-order valence-corrected chi connectivity index (χ2v) is 5.78. The van der Waals surface area contributed by atoms with Gasteiger partial charge >= 0.3 is 6.18 Å². The second-order valence-electron chi connectivity index (χ2n) is 4.71. The molecule has 0 saturated carbocycles. The van der Waals surface area contributed by atoms with Crippen LogP contribution >= 0.6 is 11.8 Å². The molecule has 0 heterocycles. The molecule has 1 rings (SSSR count). The zero-order valence-corrected chi connectivity index (χ0v) is 14.4. The lowest BCUT2D eigenvalue weighted by Crippen LogP contribution is -2.05. The number of nitrogens with zero attached hydrogens (tertiary/aromatic N) is 1. The molecule has 0 amide bonds. The van der Waals surface area contributed by atoms with Gasteiger partial charge in [0.25, 0.3) is 0 Å². The van der Waals surface area contributed by atoms with Crippen molar-refractivity contribution < 1.29 is 22.0 Å². The number of halogens is 5. The van der Waals surface area contributed by atoms with Gasteiger partial charge in [-0.25, -0.2) is 8.78 Å². The summed E-state index contributed by atoms with van der Waals surface area (Å²) in [5.74, 6) is -0.445. The summed E-state index contributed by atoms with van der Waals surface area (Å²) < 4.78 is 63.2. The van der Waals surface area contributed by atoms with Crippen molar-refractivity contribution in [1.29, 1.82) is 0 Å². The third-order valence-corrected chi connectivity index (χ3v) is 4.15. The molecule has 0 bridgehead atoms. The summed E-state index contributed by atoms with van der Waals surface area (Å²) in [5, 5.41) is 2.76. The molecule has 0 spiro atoms. The van der Waals surface area contributed by atoms with Crippen LogP contribution in [0.25, 0.3) is 0 Å². The van der Waals surface area contributed by atoms with Gasteiger partial charge in [-0.2, -0.15) is 13.2 Å². The number of hydrogen-bond acceptors (Lipinski definition) is 4. The van der Waals surface area contributed by atoms with Crippen molar-refractivity contribution >= 4 is 29.4 Å². The van der Waals surface area contributed by atoms with Crippen molar-refractivity contribution in [3.05, 3.63) is 46.5 Å². The largest absolute Gasteiger partial charge is 0.416 e. The number of alkyl halides is 5. The zero-order chi connectivity index (χ0) is 19.0. The molecule has 0 atom stereocenters. The van der Waals surface area contributed by atoms with Gasteiger partial charge in [-0.05, 0) is 25.1 Å². The second kappa shape index (κ2) is 9.45. The molecule has 0 aromatic heterocycles. The van der Waals surface area contributed by atoms with E-state index in [0.29, 0.717) is 16.2 Å². The summed E-state index contributed by atoms with van der Waals surface area (Å²) in [6.07, 6.45) is -2.94. The van der Waals surface area contributed by atoms with Gasteiger partial charge in [0.15, 0.2) is 0 Å². The normalized spacial score (nSPS) is 13.8. The minimum atomic E-state index is -4.49. The summed E-state index contributed by atoms with van der Waals surface area (Å²) in [5.41, 5.74) is 5.53. The Kier molecular flexibility index (Phi) is 7.95. The first-order chi connectivity index (χ1) is 11.7. The summed E-state index contributed by atoms with van der Waals surface area (Å²) in [7, 11) is 1.56. The van der Waals surface area contributed by atoms with Gasteiger partial charge in [-0.1, -0.05) is 6.08 Å². The highest BCUT2D eigenvalue weighted by molar-refractivity contribution is 8.03. The molecule has 138 valence electrons. The average Bonchev–Trinajstić information content (AvgIpc) is 2.56. The highest BCUT2D eigenvalue weighted by Crippen LogP contribution is 2.35. The molecule has 3 N–H and O–H groups in total. The van der Waals surface area contributed by atoms with Crippen molar-refractivity contribution in [1.82, 2.24) is 0 Å². The lowest BCUT2D eigenvalue weighted by atomic mass is 10.1. The predicted molar refractivity (Wildman–Crippen MR) is 93.6 cm³/mol. The van der Waals surface area contributed by atoms with Gasteiger partial charge in [-0.3, -0.25) is 4.99 Å². The molecule has 0 unspecified atom stereocenters. The van der Waals surface area contributed by atoms with Crippen LogP contribution in [0, 0.1) is 0 Å². The Morgan fingerprint density at radius 2 is 2.04 bits per heavy atom. The third-order valence-electron chi connectivity index (χ3n) is 3.05. The lowest BCUT2D eigenvalue weighted by Gasteiger charge is -2.11. The third kappa shape index (κ3) is 6.41. The van der Waals surface area contributed by atoms with Gasteiger partial charge in [0.2, 0.25) is 6.43 Å². The predicted octanol–water partition coefficient (Wildman–Crippen LogP) is 5.19. The summed E-state index contributed by atoms with van der Waals surface area (Å²) in [6, 6.07) is 3.13. The van der Waals surface area contributed by atoms with Crippen LogP contribution in [-0.4, -0.2) is 25.4 Å². The molecular formula is C16H18F5N3S. The Morgan fingerprint density at radius 3 is 2.52 bits per heavy atom. The zero-order valence-electron chi connectivity index (χ0n) is 13.6. The van der Waals surface area contributed by atoms with Crippen molar-refractivity contribution in [2.45, 2.75) is 19.5 Å². The standard InChI is InChI=1S/C16H18F5N3S/c1-3-10(14(7-22)25-9-15(17)18)8-24-13-6-11(16(19,20)21)4-5-12(13)23-2/h3-8,15,23H,9,22H2,1-2H3/b10-3-,14-7+,24-8?. The molecule has 0 radical (unpaired) electrons. The molecule has 1 aromatic rings. The van der Waals surface area contributed by atoms with Crippen LogP contribution in [0.3, 0.4) is 0 Å².